The molecule has 0 radical (unpaired) electrons. The van der Waals surface area contributed by atoms with Crippen LogP contribution in [0.2, 0.25) is 0 Å². The molecule has 0 aromatic carbocycles. The highest BCUT2D eigenvalue weighted by molar-refractivity contribution is 7.89. The molecule has 10 heavy (non-hydrogen) atoms. The van der Waals surface area contributed by atoms with Gasteiger partial charge in [-0.25, -0.2) is 8.42 Å². The van der Waals surface area contributed by atoms with Crippen LogP contribution in [0.15, 0.2) is 0 Å². The van der Waals surface area contributed by atoms with Crippen LogP contribution in [0.1, 0.15) is 8.29 Å². The van der Waals surface area contributed by atoms with Crippen LogP contribution in [-0.4, -0.2) is 27.2 Å². The molecule has 1 amide bonds. The normalized spacial score (nSPS) is 12.3. The highest BCUT2D eigenvalue weighted by atomic mass is 32.2. The maximum Gasteiger partial charge on any atom is 0.247 e. The van der Waals surface area contributed by atoms with Gasteiger partial charge in [-0.3, -0.25) is 9.52 Å². The van der Waals surface area contributed by atoms with E-state index in [0.717, 1.165) is 6.92 Å². The van der Waals surface area contributed by atoms with Crippen LogP contribution in [-0.2, 0) is 14.8 Å². The van der Waals surface area contributed by atoms with Crippen molar-refractivity contribution in [3.8, 4) is 0 Å². The Balaban J connectivity index is 3.92. The summed E-state index contributed by atoms with van der Waals surface area (Å²) >= 11 is 0. The molecule has 6 heteroatoms. The smallest absolute Gasteiger partial charge is 0.247 e. The topological polar surface area (TPSA) is 75.3 Å². The number of rotatable bonds is 3. The fraction of sp³-hybridized carbons (Fsp3) is 0.750. The van der Waals surface area contributed by atoms with Crippen molar-refractivity contribution in [1.82, 2.24) is 10.0 Å². The van der Waals surface area contributed by atoms with E-state index in [2.05, 4.69) is 5.32 Å². The van der Waals surface area contributed by atoms with Gasteiger partial charge < -0.3 is 5.32 Å². The summed E-state index contributed by atoms with van der Waals surface area (Å²) < 4.78 is 29.8. The summed E-state index contributed by atoms with van der Waals surface area (Å²) in [6.45, 7) is 1.11. The van der Waals surface area contributed by atoms with Crippen molar-refractivity contribution in [1.29, 1.82) is 0 Å². The average Bonchev–Trinajstić information content (AvgIpc) is 1.81. The molecule has 0 aromatic rings. The number of sulfonamides is 1. The fourth-order valence-electron chi connectivity index (χ4n) is 0.389. The Morgan fingerprint density at radius 3 is 2.70 bits per heavy atom. The summed E-state index contributed by atoms with van der Waals surface area (Å²) in [7, 11) is -3.77. The minimum Gasteiger partial charge on any atom is -0.305 e. The van der Waals surface area contributed by atoms with Crippen LogP contribution in [0.5, 0.6) is 0 Å². The highest BCUT2D eigenvalue weighted by Gasteiger charge is 2.08. The Morgan fingerprint density at radius 2 is 2.30 bits per heavy atom. The van der Waals surface area contributed by atoms with Crippen molar-refractivity contribution in [2.45, 2.75) is 6.92 Å². The lowest BCUT2D eigenvalue weighted by Crippen LogP contribution is -2.34. The van der Waals surface area contributed by atoms with E-state index in [9.17, 15) is 13.2 Å². The Morgan fingerprint density at radius 1 is 1.70 bits per heavy atom. The van der Waals surface area contributed by atoms with E-state index < -0.39 is 21.8 Å². The van der Waals surface area contributed by atoms with E-state index in [0.29, 0.717) is 0 Å². The van der Waals surface area contributed by atoms with Gasteiger partial charge in [-0.15, -0.1) is 0 Å². The Bertz CT molecular complexity index is 225. The van der Waals surface area contributed by atoms with Crippen molar-refractivity contribution in [3.63, 3.8) is 0 Å². The zero-order chi connectivity index (χ0) is 8.91. The van der Waals surface area contributed by atoms with Gasteiger partial charge in [0.15, 0.2) is 0 Å². The molecule has 0 aromatic heterocycles. The van der Waals surface area contributed by atoms with E-state index in [4.69, 9.17) is 1.37 Å². The molecule has 60 valence electrons. The van der Waals surface area contributed by atoms with E-state index in [1.807, 2.05) is 0 Å². The lowest BCUT2D eigenvalue weighted by molar-refractivity contribution is -0.117. The molecule has 0 rings (SSSR count). The van der Waals surface area contributed by atoms with Crippen molar-refractivity contribution < 1.29 is 14.6 Å². The molecule has 0 saturated carbocycles. The Labute approximate surface area is 61.3 Å². The van der Waals surface area contributed by atoms with Crippen LogP contribution in [0.3, 0.4) is 0 Å². The molecular weight excluding hydrogens is 156 g/mol. The third-order valence-corrected chi connectivity index (χ3v) is 1.77. The standard InChI is InChI=1S/C4H10N2O3S/c1-4(7)6-10(8,9)3-5-2/h5H,3H2,1-2H3,(H,6,7)/i2T. The second kappa shape index (κ2) is 3.52. The molecule has 0 fully saturated rings. The predicted octanol–water partition coefficient (Wildman–Crippen LogP) is -1.37. The van der Waals surface area contributed by atoms with Crippen molar-refractivity contribution >= 4 is 15.9 Å². The van der Waals surface area contributed by atoms with Crippen molar-refractivity contribution in [2.24, 2.45) is 0 Å². The molecule has 0 atom stereocenters. The minimum atomic E-state index is -3.57. The summed E-state index contributed by atoms with van der Waals surface area (Å²) in [6.07, 6.45) is 0. The number of nitrogens with one attached hydrogen (secondary N) is 2. The first kappa shape index (κ1) is 7.49. The maximum atomic E-state index is 10.7. The van der Waals surface area contributed by atoms with Crippen molar-refractivity contribution in [2.75, 3.05) is 12.9 Å². The molecule has 0 unspecified atom stereocenters. The molecular formula is C4H10N2O3S. The molecule has 0 heterocycles. The second-order valence-electron chi connectivity index (χ2n) is 1.67. The molecule has 5 nitrogen and oxygen atoms in total. The van der Waals surface area contributed by atoms with Crippen LogP contribution in [0, 0.1) is 0 Å². The fourth-order valence-corrected chi connectivity index (χ4v) is 1.17. The van der Waals surface area contributed by atoms with Crippen LogP contribution < -0.4 is 10.0 Å². The molecule has 0 aliphatic heterocycles. The van der Waals surface area contributed by atoms with Gasteiger partial charge >= 0.3 is 0 Å². The summed E-state index contributed by atoms with van der Waals surface area (Å²) in [6, 6.07) is 0. The first-order chi connectivity index (χ1) is 4.98. The van der Waals surface area contributed by atoms with Gasteiger partial charge in [-0.2, -0.15) is 0 Å². The van der Waals surface area contributed by atoms with E-state index in [1.54, 1.807) is 4.72 Å². The van der Waals surface area contributed by atoms with Crippen LogP contribution in [0.4, 0.5) is 0 Å². The van der Waals surface area contributed by atoms with Crippen LogP contribution in [0.25, 0.3) is 0 Å². The molecule has 0 bridgehead atoms. The Kier molecular flexibility index (Phi) is 2.64. The largest absolute Gasteiger partial charge is 0.305 e. The maximum absolute atomic E-state index is 10.7. The number of carbonyl (C=O) groups excluding carboxylic acids is 1. The SMILES string of the molecule is [3H]CNCS(=O)(=O)NC(C)=O. The zero-order valence-corrected chi connectivity index (χ0v) is 6.36. The first-order valence-electron chi connectivity index (χ1n) is 3.19. The van der Waals surface area contributed by atoms with Gasteiger partial charge in [-0.05, 0) is 7.02 Å². The molecule has 0 aliphatic rings. The van der Waals surface area contributed by atoms with Crippen LogP contribution >= 0.6 is 0 Å². The lowest BCUT2D eigenvalue weighted by atomic mass is 10.8. The third kappa shape index (κ3) is 4.28. The highest BCUT2D eigenvalue weighted by Crippen LogP contribution is 1.77. The van der Waals surface area contributed by atoms with Gasteiger partial charge in [0.25, 0.3) is 0 Å². The number of hydrogen-bond acceptors (Lipinski definition) is 4. The summed E-state index contributed by atoms with van der Waals surface area (Å²) in [5.41, 5.74) is 0. The average molecular weight is 168 g/mol. The van der Waals surface area contributed by atoms with Gasteiger partial charge in [0, 0.05) is 8.29 Å². The molecule has 0 spiro atoms. The minimum absolute atomic E-state index is 0.196. The van der Waals surface area contributed by atoms with Crippen molar-refractivity contribution in [3.05, 3.63) is 0 Å². The third-order valence-electron chi connectivity index (χ3n) is 0.591. The zero-order valence-electron chi connectivity index (χ0n) is 6.55. The lowest BCUT2D eigenvalue weighted by Gasteiger charge is -2.01. The predicted molar refractivity (Wildman–Crippen MR) is 36.7 cm³/mol. The van der Waals surface area contributed by atoms with E-state index >= 15 is 0 Å². The summed E-state index contributed by atoms with van der Waals surface area (Å²) in [4.78, 5) is 10.3. The number of hydrogen-bond donors (Lipinski definition) is 2. The van der Waals surface area contributed by atoms with E-state index in [-0.39, 0.29) is 7.02 Å². The number of carbonyl (C=O) groups is 1. The van der Waals surface area contributed by atoms with Gasteiger partial charge in [0.05, 0.1) is 0 Å². The van der Waals surface area contributed by atoms with Gasteiger partial charge in [-0.1, -0.05) is 0 Å². The summed E-state index contributed by atoms with van der Waals surface area (Å²) in [5, 5.41) is 2.26. The second-order valence-corrected chi connectivity index (χ2v) is 3.39. The summed E-state index contributed by atoms with van der Waals surface area (Å²) in [5.74, 6) is -1.03. The van der Waals surface area contributed by atoms with Gasteiger partial charge in [0.1, 0.15) is 5.88 Å². The monoisotopic (exact) mass is 168 g/mol. The Hall–Kier alpha value is -0.620. The number of amides is 1. The molecule has 0 saturated heterocycles. The molecule has 2 N–H and O–H groups in total. The first-order valence-corrected chi connectivity index (χ1v) is 4.14. The van der Waals surface area contributed by atoms with Gasteiger partial charge in [0.2, 0.25) is 15.9 Å². The molecule has 0 aliphatic carbocycles. The quantitative estimate of drug-likeness (QED) is 0.545. The van der Waals surface area contributed by atoms with E-state index in [1.165, 1.54) is 0 Å².